The van der Waals surface area contributed by atoms with E-state index in [4.69, 9.17) is 16.3 Å². The van der Waals surface area contributed by atoms with Gasteiger partial charge in [0, 0.05) is 11.6 Å². The highest BCUT2D eigenvalue weighted by molar-refractivity contribution is 14.1. The maximum absolute atomic E-state index is 12.0. The molecule has 0 saturated heterocycles. The normalized spacial score (nSPS) is 11.6. The zero-order valence-corrected chi connectivity index (χ0v) is 13.3. The fourth-order valence-electron chi connectivity index (χ4n) is 1.35. The van der Waals surface area contributed by atoms with E-state index in [0.29, 0.717) is 16.3 Å². The number of halogens is 2. The number of ether oxygens (including phenoxy) is 2. The van der Waals surface area contributed by atoms with Crippen LogP contribution in [0, 0.1) is 0 Å². The number of rotatable bonds is 5. The average molecular weight is 398 g/mol. The van der Waals surface area contributed by atoms with Crippen molar-refractivity contribution in [3.05, 3.63) is 28.8 Å². The Morgan fingerprint density at radius 1 is 1.42 bits per heavy atom. The Morgan fingerprint density at radius 2 is 2.11 bits per heavy atom. The number of benzene rings is 1. The van der Waals surface area contributed by atoms with Gasteiger partial charge in [-0.1, -0.05) is 34.2 Å². The minimum atomic E-state index is -0.447. The molecule has 0 radical (unpaired) electrons. The molecule has 0 fully saturated rings. The van der Waals surface area contributed by atoms with Gasteiger partial charge in [-0.3, -0.25) is 9.59 Å². The first-order valence-electron chi connectivity index (χ1n) is 5.33. The molecule has 19 heavy (non-hydrogen) atoms. The Morgan fingerprint density at radius 3 is 2.68 bits per heavy atom. The van der Waals surface area contributed by atoms with E-state index in [-0.39, 0.29) is 18.4 Å². The van der Waals surface area contributed by atoms with Gasteiger partial charge in [-0.25, -0.2) is 0 Å². The van der Waals surface area contributed by atoms with Crippen LogP contribution in [0.15, 0.2) is 18.2 Å². The molecule has 0 saturated carbocycles. The Balaban J connectivity index is 2.73. The van der Waals surface area contributed by atoms with E-state index in [0.717, 1.165) is 0 Å². The highest BCUT2D eigenvalue weighted by atomic mass is 127. The summed E-state index contributed by atoms with van der Waals surface area (Å²) in [6, 6.07) is 4.75. The monoisotopic (exact) mass is 397 g/mol. The quantitative estimate of drug-likeness (QED) is 0.469. The highest BCUT2D eigenvalue weighted by Gasteiger charge is 2.18. The first-order chi connectivity index (χ1) is 8.99. The molecule has 0 aliphatic carbocycles. The molecule has 0 aliphatic rings. The van der Waals surface area contributed by atoms with Gasteiger partial charge in [-0.2, -0.15) is 0 Å². The summed E-state index contributed by atoms with van der Waals surface area (Å²) in [5, 5.41) is 3.07. The predicted octanol–water partition coefficient (Wildman–Crippen LogP) is 2.05. The lowest BCUT2D eigenvalue weighted by atomic mass is 10.2. The predicted molar refractivity (Wildman–Crippen MR) is 80.2 cm³/mol. The third kappa shape index (κ3) is 4.54. The van der Waals surface area contributed by atoms with Crippen LogP contribution in [-0.4, -0.2) is 36.6 Å². The summed E-state index contributed by atoms with van der Waals surface area (Å²) in [7, 11) is 2.77. The third-order valence-electron chi connectivity index (χ3n) is 2.30. The van der Waals surface area contributed by atoms with Crippen molar-refractivity contribution < 1.29 is 19.1 Å². The lowest BCUT2D eigenvalue weighted by molar-refractivity contribution is -0.139. The molecule has 104 valence electrons. The van der Waals surface area contributed by atoms with Gasteiger partial charge in [-0.05, 0) is 18.2 Å². The molecule has 7 heteroatoms. The fraction of sp³-hybridized carbons (Fsp3) is 0.333. The number of carbonyl (C=O) groups is 2. The number of methoxy groups -OCH3 is 2. The van der Waals surface area contributed by atoms with Gasteiger partial charge in [0.2, 0.25) is 0 Å². The summed E-state index contributed by atoms with van der Waals surface area (Å²) in [5.41, 5.74) is 0.323. The minimum Gasteiger partial charge on any atom is -0.496 e. The molecule has 0 aliphatic heterocycles. The van der Waals surface area contributed by atoms with Crippen molar-refractivity contribution in [2.24, 2.45) is 0 Å². The number of hydrogen-bond acceptors (Lipinski definition) is 4. The van der Waals surface area contributed by atoms with Crippen LogP contribution in [0.5, 0.6) is 5.75 Å². The van der Waals surface area contributed by atoms with Gasteiger partial charge in [0.15, 0.2) is 0 Å². The van der Waals surface area contributed by atoms with Crippen molar-refractivity contribution in [1.82, 2.24) is 5.32 Å². The lowest BCUT2D eigenvalue weighted by Gasteiger charge is -2.11. The zero-order valence-electron chi connectivity index (χ0n) is 10.4. The summed E-state index contributed by atoms with van der Waals surface area (Å²) in [6.45, 7) is 0.168. The van der Waals surface area contributed by atoms with E-state index >= 15 is 0 Å². The van der Waals surface area contributed by atoms with E-state index in [9.17, 15) is 9.59 Å². The summed E-state index contributed by atoms with van der Waals surface area (Å²) in [5.74, 6) is -0.325. The number of carbonyl (C=O) groups excluding carboxylic acids is 2. The molecule has 0 bridgehead atoms. The minimum absolute atomic E-state index is 0.168. The van der Waals surface area contributed by atoms with Crippen LogP contribution in [0.3, 0.4) is 0 Å². The van der Waals surface area contributed by atoms with Crippen molar-refractivity contribution in [2.75, 3.05) is 20.8 Å². The second-order valence-corrected chi connectivity index (χ2v) is 5.49. The summed E-state index contributed by atoms with van der Waals surface area (Å²) in [6.07, 6.45) is 0. The molecular formula is C12H13ClINO4. The number of hydrogen-bond donors (Lipinski definition) is 1. The first kappa shape index (κ1) is 16.0. The van der Waals surface area contributed by atoms with Crippen LogP contribution in [0.25, 0.3) is 0 Å². The number of alkyl halides is 1. The molecule has 1 aromatic rings. The van der Waals surface area contributed by atoms with E-state index < -0.39 is 3.92 Å². The molecule has 0 spiro atoms. The van der Waals surface area contributed by atoms with Crippen LogP contribution in [0.2, 0.25) is 5.02 Å². The van der Waals surface area contributed by atoms with Gasteiger partial charge in [0.1, 0.15) is 9.67 Å². The molecular weight excluding hydrogens is 384 g/mol. The van der Waals surface area contributed by atoms with Gasteiger partial charge in [0.25, 0.3) is 5.91 Å². The van der Waals surface area contributed by atoms with Crippen LogP contribution in [0.1, 0.15) is 10.4 Å². The van der Waals surface area contributed by atoms with Crippen LogP contribution in [0.4, 0.5) is 0 Å². The number of esters is 1. The third-order valence-corrected chi connectivity index (χ3v) is 3.49. The lowest BCUT2D eigenvalue weighted by Crippen LogP contribution is -2.34. The van der Waals surface area contributed by atoms with Gasteiger partial charge >= 0.3 is 5.97 Å². The topological polar surface area (TPSA) is 64.6 Å². The van der Waals surface area contributed by atoms with E-state index in [1.54, 1.807) is 12.1 Å². The molecule has 1 unspecified atom stereocenters. The highest BCUT2D eigenvalue weighted by Crippen LogP contribution is 2.22. The summed E-state index contributed by atoms with van der Waals surface area (Å²) in [4.78, 5) is 23.2. The second kappa shape index (κ2) is 7.54. The number of nitrogens with one attached hydrogen (secondary N) is 1. The molecule has 1 atom stereocenters. The Kier molecular flexibility index (Phi) is 6.36. The Hall–Kier alpha value is -1.02. The largest absolute Gasteiger partial charge is 0.496 e. The van der Waals surface area contributed by atoms with Crippen molar-refractivity contribution >= 4 is 46.1 Å². The van der Waals surface area contributed by atoms with E-state index in [2.05, 4.69) is 10.1 Å². The molecule has 1 aromatic carbocycles. The Bertz CT molecular complexity index is 481. The smallest absolute Gasteiger partial charge is 0.320 e. The average Bonchev–Trinajstić information content (AvgIpc) is 2.43. The van der Waals surface area contributed by atoms with E-state index in [1.165, 1.54) is 20.3 Å². The summed E-state index contributed by atoms with van der Waals surface area (Å²) >= 11 is 7.74. The first-order valence-corrected chi connectivity index (χ1v) is 6.95. The van der Waals surface area contributed by atoms with Crippen LogP contribution >= 0.6 is 34.2 Å². The van der Waals surface area contributed by atoms with Gasteiger partial charge in [-0.15, -0.1) is 0 Å². The van der Waals surface area contributed by atoms with Crippen molar-refractivity contribution in [1.29, 1.82) is 0 Å². The SMILES string of the molecule is COC(=O)C(I)CNC(=O)c1cc(Cl)ccc1OC. The van der Waals surface area contributed by atoms with Crippen molar-refractivity contribution in [2.45, 2.75) is 3.92 Å². The zero-order chi connectivity index (χ0) is 14.4. The number of amides is 1. The molecule has 1 rings (SSSR count). The Labute approximate surface area is 129 Å². The van der Waals surface area contributed by atoms with E-state index in [1.807, 2.05) is 22.6 Å². The molecule has 5 nitrogen and oxygen atoms in total. The summed E-state index contributed by atoms with van der Waals surface area (Å²) < 4.78 is 9.21. The molecule has 0 heterocycles. The van der Waals surface area contributed by atoms with Crippen LogP contribution in [-0.2, 0) is 9.53 Å². The van der Waals surface area contributed by atoms with Gasteiger partial charge < -0.3 is 14.8 Å². The van der Waals surface area contributed by atoms with Crippen molar-refractivity contribution in [3.8, 4) is 5.75 Å². The second-order valence-electron chi connectivity index (χ2n) is 3.55. The van der Waals surface area contributed by atoms with Crippen LogP contribution < -0.4 is 10.1 Å². The fourth-order valence-corrected chi connectivity index (χ4v) is 1.99. The van der Waals surface area contributed by atoms with Crippen molar-refractivity contribution in [3.63, 3.8) is 0 Å². The molecule has 1 amide bonds. The molecule has 0 aromatic heterocycles. The maximum Gasteiger partial charge on any atom is 0.320 e. The maximum atomic E-state index is 12.0. The van der Waals surface area contributed by atoms with Gasteiger partial charge in [0.05, 0.1) is 19.8 Å². The standard InChI is InChI=1S/C12H13ClINO4/c1-18-10-4-3-7(13)5-8(10)11(16)15-6-9(14)12(17)19-2/h3-5,9H,6H2,1-2H3,(H,15,16). The molecule has 1 N–H and O–H groups in total.